The van der Waals surface area contributed by atoms with Crippen LogP contribution in [0.4, 0.5) is 21.9 Å². The second-order valence-electron chi connectivity index (χ2n) is 28.4. The van der Waals surface area contributed by atoms with Crippen molar-refractivity contribution in [1.82, 2.24) is 57.6 Å². The van der Waals surface area contributed by atoms with Crippen molar-refractivity contribution in [2.75, 3.05) is 23.8 Å². The lowest BCUT2D eigenvalue weighted by Crippen LogP contribution is -2.44. The van der Waals surface area contributed by atoms with Gasteiger partial charge in [-0.25, -0.2) is 19.6 Å². The Morgan fingerprint density at radius 2 is 1.07 bits per heavy atom. The number of carbonyl (C=O) groups excluding carboxylic acids is 9. The van der Waals surface area contributed by atoms with E-state index in [1.54, 1.807) is 169 Å². The number of ketones is 4. The van der Waals surface area contributed by atoms with Crippen LogP contribution in [0.1, 0.15) is 136 Å². The summed E-state index contributed by atoms with van der Waals surface area (Å²) in [5, 5.41) is 26.9. The molecule has 0 saturated carbocycles. The van der Waals surface area contributed by atoms with E-state index in [9.17, 15) is 53.3 Å². The fraction of sp³-hybridized carbons (Fsp3) is 0.200. The molecule has 8 aromatic heterocycles. The molecule has 114 heavy (non-hydrogen) atoms. The Balaban J connectivity index is 0.595. The van der Waals surface area contributed by atoms with Crippen molar-refractivity contribution >= 4 is 86.7 Å². The highest BCUT2D eigenvalue weighted by Crippen LogP contribution is 2.44. The molecular weight excluding hydrogens is 1450 g/mol. The maximum Gasteiger partial charge on any atom is 0.407 e. The maximum absolute atomic E-state index is 14.6. The number of aryl methyl sites for hydroxylation is 8. The Hall–Kier alpha value is -14.6. The zero-order valence-corrected chi connectivity index (χ0v) is 63.4. The standard InChI is InChI=1S/C85H78N16O13/c1-49-17-19-54(20-18-49)78(55-21-24-59(25-22-55)101(111)112)93-114-84(109)73-34-53(45-98(73)6)38-77(105)70-33-52(44-97(70)5)37-76(104)69-32-51(43-96(69)4)36-75(103)68-31-50(42-95(68)3)35-74(102)66(92-85(110)113-48-64-62-15-11-9-13-60(62)61-14-10-12-16-63(61)64)27-28-87-82(107)72-41-58(47-100(72)8)88-81(106)56-23-26-65-67(39-56)91-79(90-65)71-40-57(46-99(71)7)89-83(108)80-86-29-30-94(80)2/h9-26,29-34,39-47,64,66H,27-28,35-38,48H2,1-8H3,(H,87,107)(H,88,106)(H,89,108)(H,90,91)(H,92,110)/b93-78-/t66-/m1/s1. The molecule has 5 N–H and O–H groups in total. The van der Waals surface area contributed by atoms with Crippen LogP contribution in [-0.2, 0) is 89.4 Å². The molecule has 8 heterocycles. The smallest absolute Gasteiger partial charge is 0.407 e. The molecule has 1 aliphatic rings. The Kier molecular flexibility index (Phi) is 21.5. The molecule has 0 spiro atoms. The van der Waals surface area contributed by atoms with E-state index in [1.807, 2.05) is 79.2 Å². The molecule has 0 fully saturated rings. The van der Waals surface area contributed by atoms with Crippen molar-refractivity contribution < 1.29 is 57.6 Å². The van der Waals surface area contributed by atoms with Gasteiger partial charge in [0, 0.05) is 166 Å². The second-order valence-corrected chi connectivity index (χ2v) is 28.4. The van der Waals surface area contributed by atoms with E-state index in [2.05, 4.69) is 36.4 Å². The summed E-state index contributed by atoms with van der Waals surface area (Å²) in [6, 6.07) is 42.4. The van der Waals surface area contributed by atoms with Crippen LogP contribution in [0, 0.1) is 17.0 Å². The van der Waals surface area contributed by atoms with Gasteiger partial charge < -0.3 is 67.8 Å². The van der Waals surface area contributed by atoms with Gasteiger partial charge in [0.05, 0.1) is 56.1 Å². The van der Waals surface area contributed by atoms with Gasteiger partial charge in [-0.15, -0.1) is 0 Å². The average Bonchev–Trinajstić information content (AvgIpc) is 1.61. The summed E-state index contributed by atoms with van der Waals surface area (Å²) in [7, 11) is 11.9. The SMILES string of the molecule is Cc1ccc(/C(=N/OC(=O)c2cc(CC(=O)c3cc(CC(=O)c4cc(CC(=O)c5cc(CC(=O)[C@@H](CCNC(=O)c6cc(NC(=O)c7ccc8nc(-c9cc(NC(=O)c%10nccn%10C)cn9C)[nH]c8c7)cn6C)NC(=O)OCC6c7ccccc7-c7ccccc76)cn5C)cn4C)cn3C)cn2C)c2ccc([N+](=O)[O-])cc2)cc1. The van der Waals surface area contributed by atoms with Gasteiger partial charge in [0.2, 0.25) is 0 Å². The van der Waals surface area contributed by atoms with Crippen molar-refractivity contribution in [3.05, 3.63) is 301 Å². The highest BCUT2D eigenvalue weighted by Gasteiger charge is 2.32. The van der Waals surface area contributed by atoms with Crippen molar-refractivity contribution in [2.45, 2.75) is 51.0 Å². The zero-order chi connectivity index (χ0) is 80.3. The van der Waals surface area contributed by atoms with Crippen LogP contribution in [0.2, 0.25) is 0 Å². The quantitative estimate of drug-likeness (QED) is 0.00956. The normalized spacial score (nSPS) is 12.1. The molecule has 1 aliphatic carbocycles. The summed E-state index contributed by atoms with van der Waals surface area (Å²) in [6.07, 6.45) is 11.9. The topological polar surface area (TPSA) is 352 Å². The summed E-state index contributed by atoms with van der Waals surface area (Å²) >= 11 is 0. The van der Waals surface area contributed by atoms with E-state index in [-0.39, 0.29) is 109 Å². The van der Waals surface area contributed by atoms with E-state index >= 15 is 0 Å². The number of aromatic nitrogens is 10. The summed E-state index contributed by atoms with van der Waals surface area (Å²) in [4.78, 5) is 153. The number of non-ortho nitro benzene ring substituents is 1. The first kappa shape index (κ1) is 76.1. The minimum atomic E-state index is -1.18. The number of nitro groups is 1. The average molecular weight is 1530 g/mol. The number of Topliss-reactive ketones (excluding diaryl/α,β-unsaturated/α-hetero) is 4. The molecule has 0 unspecified atom stereocenters. The van der Waals surface area contributed by atoms with E-state index in [0.29, 0.717) is 84.3 Å². The predicted molar refractivity (Wildman–Crippen MR) is 424 cm³/mol. The summed E-state index contributed by atoms with van der Waals surface area (Å²) in [5.74, 6) is -2.96. The van der Waals surface area contributed by atoms with Crippen LogP contribution in [0.5, 0.6) is 0 Å². The minimum Gasteiger partial charge on any atom is -0.449 e. The van der Waals surface area contributed by atoms with Crippen molar-refractivity contribution in [3.63, 3.8) is 0 Å². The van der Waals surface area contributed by atoms with Gasteiger partial charge in [-0.3, -0.25) is 43.7 Å². The van der Waals surface area contributed by atoms with Gasteiger partial charge in [-0.1, -0.05) is 83.5 Å². The molecular formula is C85H78N16O13. The van der Waals surface area contributed by atoms with Gasteiger partial charge in [0.1, 0.15) is 23.7 Å². The van der Waals surface area contributed by atoms with Crippen molar-refractivity contribution in [3.8, 4) is 22.6 Å². The third-order valence-electron chi connectivity index (χ3n) is 20.2. The van der Waals surface area contributed by atoms with Crippen LogP contribution < -0.4 is 21.3 Å². The first-order valence-electron chi connectivity index (χ1n) is 36.4. The number of nitro benzene ring substituents is 1. The molecule has 0 bridgehead atoms. The van der Waals surface area contributed by atoms with E-state index in [1.165, 1.54) is 41.0 Å². The van der Waals surface area contributed by atoms with E-state index in [0.717, 1.165) is 27.8 Å². The molecule has 4 amide bonds. The molecule has 29 nitrogen and oxygen atoms in total. The van der Waals surface area contributed by atoms with Crippen LogP contribution in [0.25, 0.3) is 33.7 Å². The molecule has 1 atom stereocenters. The van der Waals surface area contributed by atoms with Crippen LogP contribution in [-0.4, -0.2) is 130 Å². The van der Waals surface area contributed by atoms with Gasteiger partial charge in [0.15, 0.2) is 34.8 Å². The van der Waals surface area contributed by atoms with Crippen LogP contribution >= 0.6 is 0 Å². The lowest BCUT2D eigenvalue weighted by Gasteiger charge is -2.19. The number of hydrogen-bond acceptors (Lipinski definition) is 16. The third-order valence-corrected chi connectivity index (χ3v) is 20.2. The number of fused-ring (bicyclic) bond motifs is 4. The fourth-order valence-electron chi connectivity index (χ4n) is 14.5. The van der Waals surface area contributed by atoms with Crippen molar-refractivity contribution in [2.24, 2.45) is 54.5 Å². The number of hydrogen-bond donors (Lipinski definition) is 5. The van der Waals surface area contributed by atoms with Crippen molar-refractivity contribution in [1.29, 1.82) is 0 Å². The monoisotopic (exact) mass is 1530 g/mol. The number of anilines is 2. The van der Waals surface area contributed by atoms with Crippen LogP contribution in [0.3, 0.4) is 0 Å². The molecule has 576 valence electrons. The molecule has 0 saturated heterocycles. The Labute approximate surface area is 652 Å². The third kappa shape index (κ3) is 16.5. The van der Waals surface area contributed by atoms with E-state index in [4.69, 9.17) is 14.6 Å². The summed E-state index contributed by atoms with van der Waals surface area (Å²) in [5.41, 5.74) is 12.7. The summed E-state index contributed by atoms with van der Waals surface area (Å²) < 4.78 is 17.3. The number of amides is 4. The Bertz CT molecular complexity index is 6000. The molecule has 0 aliphatic heterocycles. The van der Waals surface area contributed by atoms with Crippen LogP contribution in [0.15, 0.2) is 206 Å². The number of nitrogens with zero attached hydrogens (tertiary/aromatic N) is 11. The maximum atomic E-state index is 14.6. The number of alkyl carbamates (subject to hydrolysis) is 1. The number of ether oxygens (including phenoxy) is 1. The van der Waals surface area contributed by atoms with Gasteiger partial charge in [0.25, 0.3) is 23.4 Å². The van der Waals surface area contributed by atoms with Gasteiger partial charge in [-0.2, -0.15) is 0 Å². The Morgan fingerprint density at radius 1 is 0.553 bits per heavy atom. The number of rotatable bonds is 29. The lowest BCUT2D eigenvalue weighted by molar-refractivity contribution is -0.384. The zero-order valence-electron chi connectivity index (χ0n) is 63.4. The summed E-state index contributed by atoms with van der Waals surface area (Å²) in [6.45, 7) is 1.81. The Morgan fingerprint density at radius 3 is 1.65 bits per heavy atom. The number of imidazole rings is 2. The first-order valence-corrected chi connectivity index (χ1v) is 36.4. The molecule has 14 rings (SSSR count). The van der Waals surface area contributed by atoms with Gasteiger partial charge in [-0.05, 0) is 125 Å². The first-order chi connectivity index (χ1) is 54.7. The molecule has 5 aromatic carbocycles. The van der Waals surface area contributed by atoms with Gasteiger partial charge >= 0.3 is 12.1 Å². The fourth-order valence-corrected chi connectivity index (χ4v) is 14.5. The highest BCUT2D eigenvalue weighted by molar-refractivity contribution is 6.13. The van der Waals surface area contributed by atoms with E-state index < -0.39 is 40.6 Å². The predicted octanol–water partition coefficient (Wildman–Crippen LogP) is 11.4. The molecule has 29 heteroatoms. The number of nitrogens with one attached hydrogen (secondary N) is 5. The molecule has 13 aromatic rings. The number of H-pyrrole nitrogens is 1. The minimum absolute atomic E-state index is 0.0248. The lowest BCUT2D eigenvalue weighted by atomic mass is 9.98. The molecule has 0 radical (unpaired) electrons. The number of benzene rings is 5. The number of oxime groups is 1. The number of carbonyl (C=O) groups is 9. The number of aromatic amines is 1. The second kappa shape index (κ2) is 32.1. The highest BCUT2D eigenvalue weighted by atomic mass is 16.7. The largest absolute Gasteiger partial charge is 0.449 e.